The summed E-state index contributed by atoms with van der Waals surface area (Å²) in [6.45, 7) is -4.90. The second-order valence-corrected chi connectivity index (χ2v) is 2.60. The highest BCUT2D eigenvalue weighted by Gasteiger charge is 2.30. The smallest absolute Gasteiger partial charge is 0.448 e. The lowest BCUT2D eigenvalue weighted by molar-refractivity contribution is -0.141. The van der Waals surface area contributed by atoms with Crippen molar-refractivity contribution in [2.24, 2.45) is 0 Å². The molecule has 0 aromatic carbocycles. The van der Waals surface area contributed by atoms with Gasteiger partial charge < -0.3 is 22.6 Å². The molecule has 0 aromatic heterocycles. The molecule has 1 rings (SSSR count). The number of hydrogen-bond donors (Lipinski definition) is 0. The van der Waals surface area contributed by atoms with Crippen molar-refractivity contribution in [1.29, 1.82) is 0 Å². The van der Waals surface area contributed by atoms with Gasteiger partial charge in [-0.05, 0) is 6.44 Å². The average molecular weight is 182 g/mol. The van der Waals surface area contributed by atoms with E-state index in [2.05, 4.69) is 4.74 Å². The van der Waals surface area contributed by atoms with Crippen molar-refractivity contribution in [1.82, 2.24) is 4.90 Å². The maximum Gasteiger partial charge on any atom is 0.497 e. The molecule has 1 saturated heterocycles. The monoisotopic (exact) mass is 182 g/mol. The number of carbonyl (C=O) groups excluding carboxylic acids is 1. The van der Waals surface area contributed by atoms with Crippen LogP contribution in [0.2, 0.25) is 0 Å². The van der Waals surface area contributed by atoms with Crippen molar-refractivity contribution < 1.29 is 22.5 Å². The highest BCUT2D eigenvalue weighted by molar-refractivity contribution is 6.58. The third-order valence-corrected chi connectivity index (χ3v) is 1.51. The van der Waals surface area contributed by atoms with Crippen LogP contribution in [0.25, 0.3) is 0 Å². The summed E-state index contributed by atoms with van der Waals surface area (Å²) in [5, 5.41) is 0. The molecule has 0 radical (unpaired) electrons. The first kappa shape index (κ1) is 9.37. The highest BCUT2D eigenvalue weighted by Crippen LogP contribution is 2.11. The average Bonchev–Trinajstić information content (AvgIpc) is 1.91. The van der Waals surface area contributed by atoms with E-state index in [1.54, 1.807) is 0 Å². The third kappa shape index (κ3) is 2.73. The van der Waals surface area contributed by atoms with Crippen molar-refractivity contribution in [2.45, 2.75) is 0 Å². The van der Waals surface area contributed by atoms with Gasteiger partial charge in [0.25, 0.3) is 0 Å². The normalized spacial score (nSPS) is 19.9. The molecule has 1 fully saturated rings. The Morgan fingerprint density at radius 2 is 2.17 bits per heavy atom. The van der Waals surface area contributed by atoms with Gasteiger partial charge in [0.1, 0.15) is 6.61 Å². The van der Waals surface area contributed by atoms with Gasteiger partial charge in [0.05, 0.1) is 6.61 Å². The number of morpholine rings is 1. The molecule has 0 bridgehead atoms. The fourth-order valence-corrected chi connectivity index (χ4v) is 0.993. The van der Waals surface area contributed by atoms with E-state index in [9.17, 15) is 17.7 Å². The van der Waals surface area contributed by atoms with Crippen molar-refractivity contribution in [3.8, 4) is 0 Å². The lowest BCUT2D eigenvalue weighted by atomic mass is 9.91. The van der Waals surface area contributed by atoms with Gasteiger partial charge in [0.15, 0.2) is 0 Å². The minimum absolute atomic E-state index is 0.0418. The minimum Gasteiger partial charge on any atom is -0.448 e. The highest BCUT2D eigenvalue weighted by atomic mass is 19.4. The SMILES string of the molecule is O=C1COCCN1C[B-](F)(F)F. The van der Waals surface area contributed by atoms with Crippen molar-refractivity contribution in [2.75, 3.05) is 26.2 Å². The van der Waals surface area contributed by atoms with Crippen LogP contribution in [0.1, 0.15) is 0 Å². The van der Waals surface area contributed by atoms with Crippen LogP contribution in [0, 0.1) is 0 Å². The first-order valence-corrected chi connectivity index (χ1v) is 3.55. The summed E-state index contributed by atoms with van der Waals surface area (Å²) in [5.41, 5.74) is 0. The molecule has 1 heterocycles. The molecule has 0 spiro atoms. The Labute approximate surface area is 67.5 Å². The number of carbonyl (C=O) groups is 1. The van der Waals surface area contributed by atoms with Gasteiger partial charge >= 0.3 is 6.98 Å². The summed E-state index contributed by atoms with van der Waals surface area (Å²) < 4.78 is 40.2. The zero-order valence-electron chi connectivity index (χ0n) is 6.30. The summed E-state index contributed by atoms with van der Waals surface area (Å²) in [5.74, 6) is -0.583. The van der Waals surface area contributed by atoms with Crippen molar-refractivity contribution >= 4 is 12.9 Å². The fraction of sp³-hybridized carbons (Fsp3) is 0.800. The molecule has 0 aromatic rings. The van der Waals surface area contributed by atoms with Crippen molar-refractivity contribution in [3.63, 3.8) is 0 Å². The van der Waals surface area contributed by atoms with Gasteiger partial charge in [0, 0.05) is 6.54 Å². The number of rotatable bonds is 2. The lowest BCUT2D eigenvalue weighted by Gasteiger charge is -2.30. The second-order valence-electron chi connectivity index (χ2n) is 2.60. The summed E-state index contributed by atoms with van der Waals surface area (Å²) in [6.07, 6.45) is -1.11. The number of ether oxygens (including phenoxy) is 1. The molecule has 12 heavy (non-hydrogen) atoms. The van der Waals surface area contributed by atoms with E-state index in [1.807, 2.05) is 0 Å². The molecule has 0 N–H and O–H groups in total. The summed E-state index contributed by atoms with van der Waals surface area (Å²) in [7, 11) is 0. The zero-order chi connectivity index (χ0) is 9.19. The Bertz CT molecular complexity index is 184. The maximum atomic E-state index is 11.8. The van der Waals surface area contributed by atoms with E-state index in [-0.39, 0.29) is 19.8 Å². The Morgan fingerprint density at radius 3 is 2.67 bits per heavy atom. The third-order valence-electron chi connectivity index (χ3n) is 1.51. The van der Waals surface area contributed by atoms with Crippen LogP contribution in [-0.4, -0.2) is 44.0 Å². The predicted molar refractivity (Wildman–Crippen MR) is 36.5 cm³/mol. The van der Waals surface area contributed by atoms with Crippen LogP contribution in [0.3, 0.4) is 0 Å². The van der Waals surface area contributed by atoms with Crippen LogP contribution in [-0.2, 0) is 9.53 Å². The predicted octanol–water partition coefficient (Wildman–Crippen LogP) is 0.232. The van der Waals surface area contributed by atoms with E-state index in [4.69, 9.17) is 0 Å². The minimum atomic E-state index is -4.91. The number of hydrogen-bond acceptors (Lipinski definition) is 2. The van der Waals surface area contributed by atoms with Crippen LogP contribution in [0.4, 0.5) is 12.9 Å². The molecule has 70 valence electrons. The summed E-state index contributed by atoms with van der Waals surface area (Å²) >= 11 is 0. The van der Waals surface area contributed by atoms with E-state index < -0.39 is 19.3 Å². The quantitative estimate of drug-likeness (QED) is 0.572. The van der Waals surface area contributed by atoms with Crippen molar-refractivity contribution in [3.05, 3.63) is 0 Å². The van der Waals surface area contributed by atoms with Crippen LogP contribution in [0.5, 0.6) is 0 Å². The number of amides is 1. The van der Waals surface area contributed by atoms with Crippen LogP contribution >= 0.6 is 0 Å². The molecule has 1 aliphatic rings. The molecule has 3 nitrogen and oxygen atoms in total. The van der Waals surface area contributed by atoms with Crippen LogP contribution < -0.4 is 0 Å². The molecular formula is C5H8BF3NO2-. The molecule has 1 aliphatic heterocycles. The van der Waals surface area contributed by atoms with Gasteiger partial charge in [0.2, 0.25) is 5.91 Å². The van der Waals surface area contributed by atoms with E-state index in [0.717, 1.165) is 4.90 Å². The molecule has 0 atom stereocenters. The number of nitrogens with zero attached hydrogens (tertiary/aromatic N) is 1. The van der Waals surface area contributed by atoms with Gasteiger partial charge in [-0.1, -0.05) is 0 Å². The first-order valence-electron chi connectivity index (χ1n) is 3.55. The summed E-state index contributed by atoms with van der Waals surface area (Å²) in [6, 6.07) is 0. The molecule has 0 unspecified atom stereocenters. The van der Waals surface area contributed by atoms with E-state index in [1.165, 1.54) is 0 Å². The van der Waals surface area contributed by atoms with E-state index in [0.29, 0.717) is 0 Å². The van der Waals surface area contributed by atoms with Crippen LogP contribution in [0.15, 0.2) is 0 Å². The molecular weight excluding hydrogens is 174 g/mol. The van der Waals surface area contributed by atoms with E-state index >= 15 is 0 Å². The zero-order valence-corrected chi connectivity index (χ0v) is 6.30. The fourth-order valence-electron chi connectivity index (χ4n) is 0.993. The topological polar surface area (TPSA) is 29.5 Å². The van der Waals surface area contributed by atoms with Gasteiger partial charge in [-0.15, -0.1) is 0 Å². The molecule has 0 saturated carbocycles. The Hall–Kier alpha value is -0.715. The molecule has 0 aliphatic carbocycles. The Morgan fingerprint density at radius 1 is 1.50 bits per heavy atom. The first-order chi connectivity index (χ1) is 5.49. The number of halogens is 3. The summed E-state index contributed by atoms with van der Waals surface area (Å²) in [4.78, 5) is 11.6. The largest absolute Gasteiger partial charge is 0.497 e. The van der Waals surface area contributed by atoms with Gasteiger partial charge in [-0.25, -0.2) is 0 Å². The lowest BCUT2D eigenvalue weighted by Crippen LogP contribution is -2.48. The standard InChI is InChI=1S/C5H8BF3NO2/c7-6(8,9)4-10-1-2-12-3-5(10)11/h1-4H2/q-1. The maximum absolute atomic E-state index is 11.8. The Balaban J connectivity index is 2.45. The molecule has 7 heteroatoms. The van der Waals surface area contributed by atoms with Gasteiger partial charge in [-0.2, -0.15) is 0 Å². The Kier molecular flexibility index (Phi) is 2.61. The van der Waals surface area contributed by atoms with Gasteiger partial charge in [-0.3, -0.25) is 4.79 Å². The molecule has 1 amide bonds. The second kappa shape index (κ2) is 3.34.